The minimum Gasteiger partial charge on any atom is -0.381 e. The molecule has 0 aliphatic carbocycles. The van der Waals surface area contributed by atoms with Gasteiger partial charge in [0.2, 0.25) is 0 Å². The van der Waals surface area contributed by atoms with E-state index in [1.807, 2.05) is 20.8 Å². The van der Waals surface area contributed by atoms with E-state index in [0.717, 1.165) is 19.6 Å². The second-order valence-corrected chi connectivity index (χ2v) is 4.81. The summed E-state index contributed by atoms with van der Waals surface area (Å²) in [4.78, 5) is 11.4. The van der Waals surface area contributed by atoms with Gasteiger partial charge >= 0.3 is 6.03 Å². The molecule has 1 heterocycles. The second-order valence-electron chi connectivity index (χ2n) is 4.81. The van der Waals surface area contributed by atoms with Crippen LogP contribution in [0.2, 0.25) is 0 Å². The molecule has 4 heteroatoms. The van der Waals surface area contributed by atoms with E-state index in [4.69, 9.17) is 4.74 Å². The highest BCUT2D eigenvalue weighted by Crippen LogP contribution is 2.10. The van der Waals surface area contributed by atoms with E-state index >= 15 is 0 Å². The third-order valence-electron chi connectivity index (χ3n) is 2.06. The molecule has 82 valence electrons. The van der Waals surface area contributed by atoms with Crippen molar-refractivity contribution in [3.05, 3.63) is 0 Å². The molecule has 0 radical (unpaired) electrons. The van der Waals surface area contributed by atoms with E-state index in [2.05, 4.69) is 10.6 Å². The van der Waals surface area contributed by atoms with Crippen LogP contribution < -0.4 is 10.6 Å². The smallest absolute Gasteiger partial charge is 0.315 e. The van der Waals surface area contributed by atoms with Crippen molar-refractivity contribution in [3.63, 3.8) is 0 Å². The molecule has 0 spiro atoms. The molecule has 2 amide bonds. The molecule has 14 heavy (non-hydrogen) atoms. The number of urea groups is 1. The summed E-state index contributed by atoms with van der Waals surface area (Å²) < 4.78 is 5.22. The Kier molecular flexibility index (Phi) is 3.75. The summed E-state index contributed by atoms with van der Waals surface area (Å²) in [6.45, 7) is 8.20. The Morgan fingerprint density at radius 3 is 2.71 bits per heavy atom. The third kappa shape index (κ3) is 4.46. The third-order valence-corrected chi connectivity index (χ3v) is 2.06. The highest BCUT2D eigenvalue weighted by molar-refractivity contribution is 5.74. The van der Waals surface area contributed by atoms with Gasteiger partial charge in [-0.2, -0.15) is 0 Å². The van der Waals surface area contributed by atoms with Gasteiger partial charge < -0.3 is 15.4 Å². The Balaban J connectivity index is 2.14. The Bertz CT molecular complexity index is 193. The summed E-state index contributed by atoms with van der Waals surface area (Å²) in [5.41, 5.74) is -0.170. The normalized spacial score (nSPS) is 22.1. The molecule has 0 aromatic carbocycles. The lowest BCUT2D eigenvalue weighted by Crippen LogP contribution is -2.47. The quantitative estimate of drug-likeness (QED) is 0.702. The number of amides is 2. The van der Waals surface area contributed by atoms with Crippen molar-refractivity contribution < 1.29 is 9.53 Å². The monoisotopic (exact) mass is 200 g/mol. The molecule has 1 atom stereocenters. The highest BCUT2D eigenvalue weighted by Gasteiger charge is 2.18. The van der Waals surface area contributed by atoms with Crippen LogP contribution in [0.15, 0.2) is 0 Å². The molecule has 1 aliphatic rings. The van der Waals surface area contributed by atoms with Gasteiger partial charge in [-0.3, -0.25) is 0 Å². The SMILES string of the molecule is CC(C)(C)NC(=O)NCC1CCOC1. The van der Waals surface area contributed by atoms with E-state index in [9.17, 15) is 4.79 Å². The predicted molar refractivity (Wildman–Crippen MR) is 55.2 cm³/mol. The maximum atomic E-state index is 11.4. The Hall–Kier alpha value is -0.770. The molecular weight excluding hydrogens is 180 g/mol. The van der Waals surface area contributed by atoms with Gasteiger partial charge in [0.05, 0.1) is 6.61 Å². The van der Waals surface area contributed by atoms with Gasteiger partial charge in [-0.25, -0.2) is 4.79 Å². The van der Waals surface area contributed by atoms with Gasteiger partial charge in [0.15, 0.2) is 0 Å². The number of carbonyl (C=O) groups excluding carboxylic acids is 1. The zero-order valence-corrected chi connectivity index (χ0v) is 9.22. The molecule has 1 unspecified atom stereocenters. The van der Waals surface area contributed by atoms with E-state index < -0.39 is 0 Å². The Morgan fingerprint density at radius 1 is 1.50 bits per heavy atom. The number of rotatable bonds is 2. The number of hydrogen-bond donors (Lipinski definition) is 2. The number of carbonyl (C=O) groups is 1. The van der Waals surface area contributed by atoms with Crippen LogP contribution in [0.5, 0.6) is 0 Å². The van der Waals surface area contributed by atoms with Crippen LogP contribution in [0.4, 0.5) is 4.79 Å². The molecule has 1 fully saturated rings. The van der Waals surface area contributed by atoms with Gasteiger partial charge in [-0.15, -0.1) is 0 Å². The number of ether oxygens (including phenoxy) is 1. The van der Waals surface area contributed by atoms with Crippen molar-refractivity contribution in [2.24, 2.45) is 5.92 Å². The lowest BCUT2D eigenvalue weighted by atomic mass is 10.1. The fourth-order valence-corrected chi connectivity index (χ4v) is 1.37. The summed E-state index contributed by atoms with van der Waals surface area (Å²) in [6, 6.07) is -0.0931. The van der Waals surface area contributed by atoms with Crippen molar-refractivity contribution in [2.45, 2.75) is 32.7 Å². The van der Waals surface area contributed by atoms with Crippen LogP contribution in [0.3, 0.4) is 0 Å². The molecular formula is C10H20N2O2. The van der Waals surface area contributed by atoms with Gasteiger partial charge in [0.25, 0.3) is 0 Å². The minimum atomic E-state index is -0.170. The lowest BCUT2D eigenvalue weighted by Gasteiger charge is -2.21. The molecule has 0 aromatic rings. The summed E-state index contributed by atoms with van der Waals surface area (Å²) in [7, 11) is 0. The Labute approximate surface area is 85.4 Å². The van der Waals surface area contributed by atoms with E-state index in [-0.39, 0.29) is 11.6 Å². The molecule has 0 saturated carbocycles. The fraction of sp³-hybridized carbons (Fsp3) is 0.900. The van der Waals surface area contributed by atoms with Crippen LogP contribution in [0.1, 0.15) is 27.2 Å². The molecule has 0 aromatic heterocycles. The first-order chi connectivity index (χ1) is 6.47. The van der Waals surface area contributed by atoms with Crippen molar-refractivity contribution in [3.8, 4) is 0 Å². The first-order valence-electron chi connectivity index (χ1n) is 5.11. The zero-order valence-electron chi connectivity index (χ0n) is 9.22. The first-order valence-corrected chi connectivity index (χ1v) is 5.11. The van der Waals surface area contributed by atoms with Gasteiger partial charge in [-0.1, -0.05) is 0 Å². The molecule has 1 saturated heterocycles. The summed E-state index contributed by atoms with van der Waals surface area (Å²) in [5.74, 6) is 0.487. The van der Waals surface area contributed by atoms with E-state index in [0.29, 0.717) is 12.5 Å². The zero-order chi connectivity index (χ0) is 10.6. The second kappa shape index (κ2) is 4.64. The van der Waals surface area contributed by atoms with Crippen molar-refractivity contribution >= 4 is 6.03 Å². The average molecular weight is 200 g/mol. The largest absolute Gasteiger partial charge is 0.381 e. The molecule has 1 rings (SSSR count). The van der Waals surface area contributed by atoms with Crippen LogP contribution in [0.25, 0.3) is 0 Å². The number of hydrogen-bond acceptors (Lipinski definition) is 2. The van der Waals surface area contributed by atoms with Crippen LogP contribution in [0, 0.1) is 5.92 Å². The average Bonchev–Trinajstić information content (AvgIpc) is 2.49. The molecule has 2 N–H and O–H groups in total. The minimum absolute atomic E-state index is 0.0931. The number of nitrogens with one attached hydrogen (secondary N) is 2. The van der Waals surface area contributed by atoms with Crippen LogP contribution in [-0.2, 0) is 4.74 Å². The van der Waals surface area contributed by atoms with Crippen LogP contribution in [-0.4, -0.2) is 31.3 Å². The predicted octanol–water partition coefficient (Wildman–Crippen LogP) is 1.12. The molecule has 0 bridgehead atoms. The van der Waals surface area contributed by atoms with E-state index in [1.54, 1.807) is 0 Å². The first kappa shape index (κ1) is 11.3. The van der Waals surface area contributed by atoms with Gasteiger partial charge in [0, 0.05) is 24.6 Å². The Morgan fingerprint density at radius 2 is 2.21 bits per heavy atom. The summed E-state index contributed by atoms with van der Waals surface area (Å²) >= 11 is 0. The van der Waals surface area contributed by atoms with Gasteiger partial charge in [-0.05, 0) is 27.2 Å². The van der Waals surface area contributed by atoms with E-state index in [1.165, 1.54) is 0 Å². The van der Waals surface area contributed by atoms with Crippen molar-refractivity contribution in [1.82, 2.24) is 10.6 Å². The van der Waals surface area contributed by atoms with Gasteiger partial charge in [0.1, 0.15) is 0 Å². The highest BCUT2D eigenvalue weighted by atomic mass is 16.5. The standard InChI is InChI=1S/C10H20N2O2/c1-10(2,3)12-9(13)11-6-8-4-5-14-7-8/h8H,4-7H2,1-3H3,(H2,11,12,13). The summed E-state index contributed by atoms with van der Waals surface area (Å²) in [5, 5.41) is 5.70. The topological polar surface area (TPSA) is 50.4 Å². The molecule has 4 nitrogen and oxygen atoms in total. The lowest BCUT2D eigenvalue weighted by molar-refractivity contribution is 0.184. The van der Waals surface area contributed by atoms with Crippen molar-refractivity contribution in [2.75, 3.05) is 19.8 Å². The maximum Gasteiger partial charge on any atom is 0.315 e. The summed E-state index contributed by atoms with van der Waals surface area (Å²) in [6.07, 6.45) is 1.05. The molecule has 1 aliphatic heterocycles. The maximum absolute atomic E-state index is 11.4. The van der Waals surface area contributed by atoms with Crippen LogP contribution >= 0.6 is 0 Å². The van der Waals surface area contributed by atoms with Crippen molar-refractivity contribution in [1.29, 1.82) is 0 Å². The fourth-order valence-electron chi connectivity index (χ4n) is 1.37.